The summed E-state index contributed by atoms with van der Waals surface area (Å²) in [5.41, 5.74) is 6.47. The van der Waals surface area contributed by atoms with Gasteiger partial charge in [0.1, 0.15) is 5.75 Å². The van der Waals surface area contributed by atoms with E-state index in [2.05, 4.69) is 0 Å². The lowest BCUT2D eigenvalue weighted by molar-refractivity contribution is 0.0224. The van der Waals surface area contributed by atoms with E-state index in [1.54, 1.807) is 24.3 Å². The summed E-state index contributed by atoms with van der Waals surface area (Å²) in [5, 5.41) is 1.02. The first-order chi connectivity index (χ1) is 8.42. The minimum Gasteiger partial charge on any atom is -0.468 e. The minimum atomic E-state index is -3.26. The standard InChI is InChI=1S/C12H17NO4S/c1-3-16-9-17-11-6-4-5-10(7-11)12(13)8-18(2,14)15/h4-8H,3,9,13H2,1-2H3/b12-8-. The van der Waals surface area contributed by atoms with Crippen molar-refractivity contribution in [1.29, 1.82) is 0 Å². The van der Waals surface area contributed by atoms with Crippen LogP contribution in [0, 0.1) is 0 Å². The maximum Gasteiger partial charge on any atom is 0.189 e. The summed E-state index contributed by atoms with van der Waals surface area (Å²) < 4.78 is 32.6. The Kier molecular flexibility index (Phi) is 5.18. The normalized spacial score (nSPS) is 12.4. The molecule has 0 heterocycles. The quantitative estimate of drug-likeness (QED) is 0.624. The van der Waals surface area contributed by atoms with Crippen molar-refractivity contribution < 1.29 is 17.9 Å². The van der Waals surface area contributed by atoms with Crippen LogP contribution >= 0.6 is 0 Å². The van der Waals surface area contributed by atoms with Gasteiger partial charge in [-0.3, -0.25) is 0 Å². The summed E-state index contributed by atoms with van der Waals surface area (Å²) in [6, 6.07) is 6.86. The molecule has 0 atom stereocenters. The van der Waals surface area contributed by atoms with Crippen molar-refractivity contribution in [3.8, 4) is 5.75 Å². The number of hydrogen-bond donors (Lipinski definition) is 1. The third-order valence-corrected chi connectivity index (χ3v) is 2.70. The highest BCUT2D eigenvalue weighted by atomic mass is 32.2. The predicted octanol–water partition coefficient (Wildman–Crippen LogP) is 1.36. The Morgan fingerprint density at radius 3 is 2.78 bits per heavy atom. The van der Waals surface area contributed by atoms with Gasteiger partial charge >= 0.3 is 0 Å². The molecule has 0 saturated carbocycles. The van der Waals surface area contributed by atoms with E-state index >= 15 is 0 Å². The van der Waals surface area contributed by atoms with E-state index in [1.165, 1.54) is 0 Å². The van der Waals surface area contributed by atoms with Crippen LogP contribution in [0.15, 0.2) is 29.7 Å². The van der Waals surface area contributed by atoms with Crippen molar-refractivity contribution in [1.82, 2.24) is 0 Å². The molecule has 1 aromatic carbocycles. The molecule has 2 N–H and O–H groups in total. The monoisotopic (exact) mass is 271 g/mol. The highest BCUT2D eigenvalue weighted by Crippen LogP contribution is 2.18. The maximum absolute atomic E-state index is 11.1. The Balaban J connectivity index is 2.85. The SMILES string of the molecule is CCOCOc1cccc(/C(N)=C/S(C)(=O)=O)c1. The predicted molar refractivity (Wildman–Crippen MR) is 70.6 cm³/mol. The van der Waals surface area contributed by atoms with Crippen molar-refractivity contribution in [2.75, 3.05) is 19.7 Å². The maximum atomic E-state index is 11.1. The molecule has 0 saturated heterocycles. The molecule has 0 aliphatic carbocycles. The van der Waals surface area contributed by atoms with Gasteiger partial charge in [-0.25, -0.2) is 8.42 Å². The van der Waals surface area contributed by atoms with Crippen LogP contribution in [0.3, 0.4) is 0 Å². The zero-order chi connectivity index (χ0) is 13.6. The molecule has 0 aliphatic rings. The summed E-state index contributed by atoms with van der Waals surface area (Å²) in [5.74, 6) is 0.575. The van der Waals surface area contributed by atoms with Gasteiger partial charge < -0.3 is 15.2 Å². The molecule has 5 nitrogen and oxygen atoms in total. The van der Waals surface area contributed by atoms with Crippen LogP contribution in [0.2, 0.25) is 0 Å². The second kappa shape index (κ2) is 6.42. The average molecular weight is 271 g/mol. The zero-order valence-electron chi connectivity index (χ0n) is 10.4. The molecule has 1 aromatic rings. The number of sulfone groups is 1. The highest BCUT2D eigenvalue weighted by molar-refractivity contribution is 7.93. The van der Waals surface area contributed by atoms with Crippen molar-refractivity contribution in [2.45, 2.75) is 6.92 Å². The lowest BCUT2D eigenvalue weighted by Gasteiger charge is -2.07. The molecule has 1 rings (SSSR count). The van der Waals surface area contributed by atoms with E-state index in [0.29, 0.717) is 17.9 Å². The molecule has 0 aliphatic heterocycles. The summed E-state index contributed by atoms with van der Waals surface area (Å²) >= 11 is 0. The molecular formula is C12H17NO4S. The summed E-state index contributed by atoms with van der Waals surface area (Å²) in [6.07, 6.45) is 1.09. The number of rotatable bonds is 6. The smallest absolute Gasteiger partial charge is 0.189 e. The van der Waals surface area contributed by atoms with Crippen LogP contribution < -0.4 is 10.5 Å². The van der Waals surface area contributed by atoms with Crippen LogP contribution in [0.25, 0.3) is 5.70 Å². The molecule has 0 radical (unpaired) electrons. The fourth-order valence-corrected chi connectivity index (χ4v) is 1.85. The van der Waals surface area contributed by atoms with Gasteiger partial charge in [-0.2, -0.15) is 0 Å². The summed E-state index contributed by atoms with van der Waals surface area (Å²) in [7, 11) is -3.26. The Morgan fingerprint density at radius 1 is 1.44 bits per heavy atom. The van der Waals surface area contributed by atoms with Gasteiger partial charge in [0.2, 0.25) is 0 Å². The van der Waals surface area contributed by atoms with E-state index < -0.39 is 9.84 Å². The van der Waals surface area contributed by atoms with Crippen molar-refractivity contribution >= 4 is 15.5 Å². The molecule has 100 valence electrons. The largest absolute Gasteiger partial charge is 0.468 e. The van der Waals surface area contributed by atoms with Crippen molar-refractivity contribution in [3.05, 3.63) is 35.2 Å². The van der Waals surface area contributed by atoms with Crippen molar-refractivity contribution in [3.63, 3.8) is 0 Å². The van der Waals surface area contributed by atoms with Crippen LogP contribution in [0.5, 0.6) is 5.75 Å². The van der Waals surface area contributed by atoms with Gasteiger partial charge in [0.05, 0.1) is 11.1 Å². The van der Waals surface area contributed by atoms with Gasteiger partial charge in [0.15, 0.2) is 16.6 Å². The zero-order valence-corrected chi connectivity index (χ0v) is 11.2. The molecule has 0 aromatic heterocycles. The molecule has 0 bridgehead atoms. The fraction of sp³-hybridized carbons (Fsp3) is 0.333. The van der Waals surface area contributed by atoms with Crippen LogP contribution in [-0.4, -0.2) is 28.1 Å². The van der Waals surface area contributed by atoms with Gasteiger partial charge in [-0.05, 0) is 19.1 Å². The van der Waals surface area contributed by atoms with E-state index in [1.807, 2.05) is 6.92 Å². The van der Waals surface area contributed by atoms with E-state index in [9.17, 15) is 8.42 Å². The lowest BCUT2D eigenvalue weighted by atomic mass is 10.2. The minimum absolute atomic E-state index is 0.148. The topological polar surface area (TPSA) is 78.6 Å². The first kappa shape index (κ1) is 14.5. The van der Waals surface area contributed by atoms with Gasteiger partial charge in [0, 0.05) is 18.4 Å². The van der Waals surface area contributed by atoms with Crippen LogP contribution in [0.1, 0.15) is 12.5 Å². The van der Waals surface area contributed by atoms with E-state index in [0.717, 1.165) is 11.7 Å². The van der Waals surface area contributed by atoms with Gasteiger partial charge in [0.25, 0.3) is 0 Å². The molecule has 6 heteroatoms. The van der Waals surface area contributed by atoms with Crippen molar-refractivity contribution in [2.24, 2.45) is 5.73 Å². The molecule has 0 spiro atoms. The molecule has 0 amide bonds. The number of hydrogen-bond acceptors (Lipinski definition) is 5. The second-order valence-electron chi connectivity index (χ2n) is 3.69. The number of ether oxygens (including phenoxy) is 2. The first-order valence-corrected chi connectivity index (χ1v) is 7.36. The number of benzene rings is 1. The Morgan fingerprint density at radius 2 is 2.17 bits per heavy atom. The van der Waals surface area contributed by atoms with E-state index in [4.69, 9.17) is 15.2 Å². The van der Waals surface area contributed by atoms with Crippen LogP contribution in [-0.2, 0) is 14.6 Å². The third-order valence-electron chi connectivity index (χ3n) is 2.02. The highest BCUT2D eigenvalue weighted by Gasteiger charge is 2.03. The summed E-state index contributed by atoms with van der Waals surface area (Å²) in [4.78, 5) is 0. The molecule has 0 fully saturated rings. The first-order valence-electron chi connectivity index (χ1n) is 5.40. The number of nitrogens with two attached hydrogens (primary N) is 1. The third kappa shape index (κ3) is 5.20. The Hall–Kier alpha value is -1.53. The summed E-state index contributed by atoms with van der Waals surface area (Å²) in [6.45, 7) is 2.58. The second-order valence-corrected chi connectivity index (χ2v) is 5.58. The van der Waals surface area contributed by atoms with Gasteiger partial charge in [-0.1, -0.05) is 12.1 Å². The molecule has 18 heavy (non-hydrogen) atoms. The lowest BCUT2D eigenvalue weighted by Crippen LogP contribution is -2.04. The molecular weight excluding hydrogens is 254 g/mol. The fourth-order valence-electron chi connectivity index (χ4n) is 1.26. The van der Waals surface area contributed by atoms with Crippen LogP contribution in [0.4, 0.5) is 0 Å². The van der Waals surface area contributed by atoms with Gasteiger partial charge in [-0.15, -0.1) is 0 Å². The van der Waals surface area contributed by atoms with E-state index in [-0.39, 0.29) is 12.5 Å². The Bertz CT molecular complexity index is 523. The Labute approximate surface area is 107 Å². The molecule has 0 unspecified atom stereocenters. The average Bonchev–Trinajstić information content (AvgIpc) is 2.27.